The summed E-state index contributed by atoms with van der Waals surface area (Å²) in [5.74, 6) is -0.541. The van der Waals surface area contributed by atoms with Crippen LogP contribution >= 0.6 is 0 Å². The summed E-state index contributed by atoms with van der Waals surface area (Å²) in [6, 6.07) is 4.67. The molecule has 1 saturated heterocycles. The van der Waals surface area contributed by atoms with Gasteiger partial charge in [-0.2, -0.15) is 5.10 Å². The van der Waals surface area contributed by atoms with E-state index in [0.717, 1.165) is 0 Å². The molecule has 0 saturated carbocycles. The minimum Gasteiger partial charge on any atom is -0.507 e. The molecule has 0 spiro atoms. The van der Waals surface area contributed by atoms with Crippen LogP contribution in [-0.2, 0) is 14.6 Å². The minimum absolute atomic E-state index is 0.0137. The predicted molar refractivity (Wildman–Crippen MR) is 81.8 cm³/mol. The van der Waals surface area contributed by atoms with Crippen molar-refractivity contribution in [1.82, 2.24) is 5.43 Å². The molecule has 2 rings (SSSR count). The highest BCUT2D eigenvalue weighted by Crippen LogP contribution is 2.23. The van der Waals surface area contributed by atoms with Crippen molar-refractivity contribution in [1.29, 1.82) is 0 Å². The molecule has 0 unspecified atom stereocenters. The van der Waals surface area contributed by atoms with Crippen LogP contribution in [0.3, 0.4) is 0 Å². The lowest BCUT2D eigenvalue weighted by atomic mass is 10.1. The number of hydrogen-bond acceptors (Lipinski definition) is 6. The number of phenols is 1. The Balaban J connectivity index is 2.08. The number of sulfone groups is 1. The van der Waals surface area contributed by atoms with Gasteiger partial charge in [0.1, 0.15) is 11.5 Å². The standard InChI is InChI=1S/C14H18N2O5S/c1-9(12-7-11(21-2)3-4-13(12)17)15-16-14(18)10-5-6-22(19,20)8-10/h3-4,7,10,17H,5-6,8H2,1-2H3,(H,16,18)/b15-9+/t10-/m1/s1. The summed E-state index contributed by atoms with van der Waals surface area (Å²) in [4.78, 5) is 11.9. The second-order valence-electron chi connectivity index (χ2n) is 5.16. The maximum Gasteiger partial charge on any atom is 0.244 e. The summed E-state index contributed by atoms with van der Waals surface area (Å²) in [7, 11) is -1.61. The number of phenolic OH excluding ortho intramolecular Hbond substituents is 1. The van der Waals surface area contributed by atoms with Crippen LogP contribution in [0.25, 0.3) is 0 Å². The third-order valence-electron chi connectivity index (χ3n) is 3.53. The number of ether oxygens (including phenoxy) is 1. The van der Waals surface area contributed by atoms with Gasteiger partial charge in [0.2, 0.25) is 5.91 Å². The van der Waals surface area contributed by atoms with Crippen LogP contribution in [0.2, 0.25) is 0 Å². The number of amides is 1. The van der Waals surface area contributed by atoms with E-state index < -0.39 is 21.7 Å². The molecule has 0 bridgehead atoms. The zero-order chi connectivity index (χ0) is 16.3. The Bertz CT molecular complexity index is 712. The Morgan fingerprint density at radius 2 is 2.18 bits per heavy atom. The number of hydrogen-bond donors (Lipinski definition) is 2. The first-order chi connectivity index (χ1) is 10.3. The highest BCUT2D eigenvalue weighted by atomic mass is 32.2. The Hall–Kier alpha value is -2.09. The van der Waals surface area contributed by atoms with Crippen molar-refractivity contribution in [3.8, 4) is 11.5 Å². The van der Waals surface area contributed by atoms with Crippen molar-refractivity contribution in [3.05, 3.63) is 23.8 Å². The lowest BCUT2D eigenvalue weighted by Gasteiger charge is -2.09. The Morgan fingerprint density at radius 1 is 1.45 bits per heavy atom. The SMILES string of the molecule is COc1ccc(O)c(/C(C)=N/NC(=O)[C@@H]2CCS(=O)(=O)C2)c1. The topological polar surface area (TPSA) is 105 Å². The summed E-state index contributed by atoms with van der Waals surface area (Å²) in [5, 5.41) is 13.7. The zero-order valence-corrected chi connectivity index (χ0v) is 13.2. The largest absolute Gasteiger partial charge is 0.507 e. The number of carbonyl (C=O) groups excluding carboxylic acids is 1. The fourth-order valence-corrected chi connectivity index (χ4v) is 3.97. The zero-order valence-electron chi connectivity index (χ0n) is 12.4. The van der Waals surface area contributed by atoms with Gasteiger partial charge in [-0.25, -0.2) is 13.8 Å². The van der Waals surface area contributed by atoms with Gasteiger partial charge >= 0.3 is 0 Å². The van der Waals surface area contributed by atoms with E-state index in [4.69, 9.17) is 4.74 Å². The lowest BCUT2D eigenvalue weighted by Crippen LogP contribution is -2.28. The first-order valence-corrected chi connectivity index (χ1v) is 8.56. The molecule has 1 fully saturated rings. The molecule has 1 aliphatic rings. The van der Waals surface area contributed by atoms with Gasteiger partial charge in [-0.1, -0.05) is 0 Å². The molecule has 1 aliphatic heterocycles. The third kappa shape index (κ3) is 3.76. The predicted octanol–water partition coefficient (Wildman–Crippen LogP) is 0.676. The van der Waals surface area contributed by atoms with Crippen LogP contribution in [0.4, 0.5) is 0 Å². The summed E-state index contributed by atoms with van der Waals surface area (Å²) >= 11 is 0. The smallest absolute Gasteiger partial charge is 0.244 e. The van der Waals surface area contributed by atoms with Crippen molar-refractivity contribution >= 4 is 21.5 Å². The average Bonchev–Trinajstić information content (AvgIpc) is 2.85. The van der Waals surface area contributed by atoms with Crippen molar-refractivity contribution in [2.75, 3.05) is 18.6 Å². The normalized spacial score (nSPS) is 20.6. The van der Waals surface area contributed by atoms with E-state index in [1.807, 2.05) is 0 Å². The number of hydrazone groups is 1. The number of aromatic hydroxyl groups is 1. The van der Waals surface area contributed by atoms with Gasteiger partial charge in [-0.3, -0.25) is 4.79 Å². The highest BCUT2D eigenvalue weighted by Gasteiger charge is 2.32. The molecule has 1 aromatic rings. The first kappa shape index (κ1) is 16.3. The van der Waals surface area contributed by atoms with Gasteiger partial charge in [-0.05, 0) is 31.5 Å². The molecule has 120 valence electrons. The van der Waals surface area contributed by atoms with Gasteiger partial charge in [0.25, 0.3) is 0 Å². The fourth-order valence-electron chi connectivity index (χ4n) is 2.22. The Labute approximate surface area is 128 Å². The fraction of sp³-hybridized carbons (Fsp3) is 0.429. The molecule has 0 aromatic heterocycles. The van der Waals surface area contributed by atoms with E-state index in [1.165, 1.54) is 13.2 Å². The van der Waals surface area contributed by atoms with E-state index in [2.05, 4.69) is 10.5 Å². The second kappa shape index (κ2) is 6.35. The molecule has 7 nitrogen and oxygen atoms in total. The van der Waals surface area contributed by atoms with E-state index in [1.54, 1.807) is 19.1 Å². The molecule has 0 radical (unpaired) electrons. The van der Waals surface area contributed by atoms with Gasteiger partial charge in [0, 0.05) is 5.56 Å². The third-order valence-corrected chi connectivity index (χ3v) is 5.30. The van der Waals surface area contributed by atoms with Crippen LogP contribution in [0.1, 0.15) is 18.9 Å². The number of nitrogens with zero attached hydrogens (tertiary/aromatic N) is 1. The summed E-state index contributed by atoms with van der Waals surface area (Å²) in [6.07, 6.45) is 0.313. The van der Waals surface area contributed by atoms with E-state index >= 15 is 0 Å². The van der Waals surface area contributed by atoms with Crippen molar-refractivity contribution in [3.63, 3.8) is 0 Å². The first-order valence-electron chi connectivity index (χ1n) is 6.74. The van der Waals surface area contributed by atoms with Crippen LogP contribution < -0.4 is 10.2 Å². The quantitative estimate of drug-likeness (QED) is 0.625. The number of carbonyl (C=O) groups is 1. The van der Waals surface area contributed by atoms with Crippen LogP contribution in [0.5, 0.6) is 11.5 Å². The molecule has 1 amide bonds. The molecule has 1 atom stereocenters. The van der Waals surface area contributed by atoms with Crippen molar-refractivity contribution < 1.29 is 23.1 Å². The number of nitrogens with one attached hydrogen (secondary N) is 1. The summed E-state index contributed by atoms with van der Waals surface area (Å²) in [6.45, 7) is 1.63. The number of rotatable bonds is 4. The highest BCUT2D eigenvalue weighted by molar-refractivity contribution is 7.91. The van der Waals surface area contributed by atoms with E-state index in [9.17, 15) is 18.3 Å². The van der Waals surface area contributed by atoms with E-state index in [0.29, 0.717) is 23.4 Å². The summed E-state index contributed by atoms with van der Waals surface area (Å²) < 4.78 is 27.8. The second-order valence-corrected chi connectivity index (χ2v) is 7.39. The van der Waals surface area contributed by atoms with Gasteiger partial charge in [-0.15, -0.1) is 0 Å². The lowest BCUT2D eigenvalue weighted by molar-refractivity contribution is -0.124. The Kier molecular flexibility index (Phi) is 4.70. The number of methoxy groups -OCH3 is 1. The molecule has 1 aromatic carbocycles. The molecule has 8 heteroatoms. The maximum atomic E-state index is 11.9. The van der Waals surface area contributed by atoms with Crippen LogP contribution in [-0.4, -0.2) is 43.8 Å². The van der Waals surface area contributed by atoms with E-state index in [-0.39, 0.29) is 17.3 Å². The Morgan fingerprint density at radius 3 is 2.77 bits per heavy atom. The molecule has 0 aliphatic carbocycles. The molecule has 1 heterocycles. The number of benzene rings is 1. The van der Waals surface area contributed by atoms with Crippen molar-refractivity contribution in [2.24, 2.45) is 11.0 Å². The van der Waals surface area contributed by atoms with Crippen LogP contribution in [0.15, 0.2) is 23.3 Å². The molecular weight excluding hydrogens is 308 g/mol. The van der Waals surface area contributed by atoms with Gasteiger partial charge < -0.3 is 9.84 Å². The van der Waals surface area contributed by atoms with Gasteiger partial charge in [0.15, 0.2) is 9.84 Å². The average molecular weight is 326 g/mol. The monoisotopic (exact) mass is 326 g/mol. The van der Waals surface area contributed by atoms with Crippen LogP contribution in [0, 0.1) is 5.92 Å². The molecule has 2 N–H and O–H groups in total. The van der Waals surface area contributed by atoms with Crippen molar-refractivity contribution in [2.45, 2.75) is 13.3 Å². The molecule has 22 heavy (non-hydrogen) atoms. The minimum atomic E-state index is -3.11. The molecular formula is C14H18N2O5S. The van der Waals surface area contributed by atoms with Gasteiger partial charge in [0.05, 0.1) is 30.2 Å². The maximum absolute atomic E-state index is 11.9. The summed E-state index contributed by atoms with van der Waals surface area (Å²) in [5.41, 5.74) is 3.18.